The van der Waals surface area contributed by atoms with E-state index < -0.39 is 17.5 Å². The highest BCUT2D eigenvalue weighted by atomic mass is 16.5. The molecule has 1 aromatic rings. The number of carbonyl (C=O) groups is 4. The quantitative estimate of drug-likeness (QED) is 0.315. The smallest absolute Gasteiger partial charge is 0.323 e. The number of nitrogens with one attached hydrogen (secondary N) is 2. The third kappa shape index (κ3) is 5.63. The molecule has 0 aliphatic carbocycles. The first-order valence-corrected chi connectivity index (χ1v) is 9.59. The topological polar surface area (TPSA) is 108 Å². The first kappa shape index (κ1) is 23.5. The third-order valence-corrected chi connectivity index (χ3v) is 4.53. The van der Waals surface area contributed by atoms with Crippen molar-refractivity contribution in [1.29, 1.82) is 0 Å². The Bertz CT molecular complexity index is 960. The van der Waals surface area contributed by atoms with Gasteiger partial charge in [0, 0.05) is 32.6 Å². The maximum absolute atomic E-state index is 12.7. The molecule has 2 N–H and O–H groups in total. The Morgan fingerprint density at radius 1 is 1.29 bits per heavy atom. The second-order valence-corrected chi connectivity index (χ2v) is 7.14. The number of nitrogens with zero attached hydrogens (tertiary/aromatic N) is 2. The number of fused-ring (bicyclic) bond motifs is 1. The third-order valence-electron chi connectivity index (χ3n) is 4.53. The molecule has 5 amide bonds. The molecule has 0 radical (unpaired) electrons. The number of benzene rings is 1. The Hall–Kier alpha value is -3.80. The Morgan fingerprint density at radius 3 is 2.55 bits per heavy atom. The van der Waals surface area contributed by atoms with E-state index in [-0.39, 0.29) is 12.5 Å². The lowest BCUT2D eigenvalue weighted by atomic mass is 9.99. The van der Waals surface area contributed by atoms with Crippen LogP contribution in [0.2, 0.25) is 0 Å². The van der Waals surface area contributed by atoms with Gasteiger partial charge in [0.25, 0.3) is 11.8 Å². The van der Waals surface area contributed by atoms with E-state index in [0.29, 0.717) is 24.3 Å². The van der Waals surface area contributed by atoms with Gasteiger partial charge in [0.1, 0.15) is 5.75 Å². The van der Waals surface area contributed by atoms with Crippen LogP contribution < -0.4 is 15.4 Å². The number of urea groups is 1. The lowest BCUT2D eigenvalue weighted by Crippen LogP contribution is -2.54. The highest BCUT2D eigenvalue weighted by Gasteiger charge is 2.48. The van der Waals surface area contributed by atoms with Crippen molar-refractivity contribution in [2.24, 2.45) is 0 Å². The fraction of sp³-hybridized carbons (Fsp3) is 0.364. The predicted octanol–water partition coefficient (Wildman–Crippen LogP) is 0.903. The lowest BCUT2D eigenvalue weighted by molar-refractivity contribution is -0.122. The van der Waals surface area contributed by atoms with Crippen molar-refractivity contribution in [3.05, 3.63) is 41.5 Å². The highest BCUT2D eigenvalue weighted by molar-refractivity contribution is 6.10. The maximum Gasteiger partial charge on any atom is 0.323 e. The number of rotatable bonds is 5. The normalized spacial score (nSPS) is 19.0. The average molecular weight is 426 g/mol. The van der Waals surface area contributed by atoms with Gasteiger partial charge in [-0.2, -0.15) is 0 Å². The summed E-state index contributed by atoms with van der Waals surface area (Å²) in [6, 6.07) is 4.67. The van der Waals surface area contributed by atoms with Crippen LogP contribution in [0.25, 0.3) is 0 Å². The van der Waals surface area contributed by atoms with Crippen LogP contribution in [-0.4, -0.2) is 67.3 Å². The summed E-state index contributed by atoms with van der Waals surface area (Å²) in [5.74, 6) is 5.55. The molecule has 9 heteroatoms. The molecule has 0 bridgehead atoms. The van der Waals surface area contributed by atoms with E-state index in [9.17, 15) is 19.2 Å². The molecule has 0 spiro atoms. The largest absolute Gasteiger partial charge is 0.497 e. The summed E-state index contributed by atoms with van der Waals surface area (Å²) in [6.07, 6.45) is 4.90. The van der Waals surface area contributed by atoms with Crippen molar-refractivity contribution in [2.45, 2.75) is 25.4 Å². The van der Waals surface area contributed by atoms with E-state index in [1.54, 1.807) is 26.2 Å². The molecule has 0 unspecified atom stereocenters. The molecule has 1 aromatic carbocycles. The summed E-state index contributed by atoms with van der Waals surface area (Å²) in [5, 5.41) is 4.78. The van der Waals surface area contributed by atoms with E-state index in [1.807, 2.05) is 25.1 Å². The van der Waals surface area contributed by atoms with Crippen LogP contribution in [0.1, 0.15) is 29.3 Å². The van der Waals surface area contributed by atoms with Gasteiger partial charge in [-0.05, 0) is 24.6 Å². The van der Waals surface area contributed by atoms with Crippen molar-refractivity contribution in [2.75, 3.05) is 27.7 Å². The molecule has 2 heterocycles. The lowest BCUT2D eigenvalue weighted by Gasteiger charge is -2.26. The molecule has 164 valence electrons. The number of amides is 5. The van der Waals surface area contributed by atoms with E-state index in [2.05, 4.69) is 22.5 Å². The number of carbonyl (C=O) groups excluding carboxylic acids is 4. The van der Waals surface area contributed by atoms with Crippen LogP contribution in [-0.2, 0) is 16.1 Å². The monoisotopic (exact) mass is 426 g/mol. The molecule has 2 aliphatic heterocycles. The molecule has 1 atom stereocenters. The number of imide groups is 1. The van der Waals surface area contributed by atoms with Crippen LogP contribution >= 0.6 is 0 Å². The summed E-state index contributed by atoms with van der Waals surface area (Å²) < 4.78 is 5.16. The molecule has 1 saturated heterocycles. The Labute approximate surface area is 181 Å². The van der Waals surface area contributed by atoms with Crippen LogP contribution in [0.15, 0.2) is 30.4 Å². The second kappa shape index (κ2) is 10.3. The van der Waals surface area contributed by atoms with Gasteiger partial charge in [0.05, 0.1) is 13.7 Å². The standard InChI is InChI=1S/C19H19N3O4.C3H7NO/c1-3-4-5-6-9-19(17(24)20-18(25)21-19)12-22-11-13-7-8-14(26-2)10-15(13)16(22)23;1-4(2)3-5/h3-4,7-8,10H,5,11-12H2,1-2H3,(H2,20,21,24,25);3H,1-2H3/b4-3+;/t19-;/m1./s1. The van der Waals surface area contributed by atoms with E-state index in [1.165, 1.54) is 16.9 Å². The predicted molar refractivity (Wildman–Crippen MR) is 114 cm³/mol. The van der Waals surface area contributed by atoms with E-state index in [4.69, 9.17) is 4.74 Å². The van der Waals surface area contributed by atoms with Crippen molar-refractivity contribution in [3.63, 3.8) is 0 Å². The van der Waals surface area contributed by atoms with Gasteiger partial charge in [-0.25, -0.2) is 4.79 Å². The number of methoxy groups -OCH3 is 1. The van der Waals surface area contributed by atoms with E-state index in [0.717, 1.165) is 12.0 Å². The number of ether oxygens (including phenoxy) is 1. The summed E-state index contributed by atoms with van der Waals surface area (Å²) >= 11 is 0. The molecule has 1 fully saturated rings. The van der Waals surface area contributed by atoms with Gasteiger partial charge in [-0.1, -0.05) is 30.1 Å². The SMILES string of the molecule is C/C=C/CC#C[C@]1(CN2Cc3ccc(OC)cc3C2=O)NC(=O)NC1=O.CN(C)C=O. The average Bonchev–Trinajstić information content (AvgIpc) is 3.20. The molecule has 3 rings (SSSR count). The van der Waals surface area contributed by atoms with Crippen LogP contribution in [0.3, 0.4) is 0 Å². The maximum atomic E-state index is 12.7. The van der Waals surface area contributed by atoms with Gasteiger partial charge < -0.3 is 19.9 Å². The zero-order valence-corrected chi connectivity index (χ0v) is 18.0. The number of hydrogen-bond donors (Lipinski definition) is 2. The zero-order valence-electron chi connectivity index (χ0n) is 18.0. The van der Waals surface area contributed by atoms with Gasteiger partial charge in [-0.15, -0.1) is 0 Å². The van der Waals surface area contributed by atoms with Gasteiger partial charge in [0.2, 0.25) is 6.41 Å². The Morgan fingerprint density at radius 2 is 2.00 bits per heavy atom. The molecule has 31 heavy (non-hydrogen) atoms. The minimum atomic E-state index is -1.44. The molecular formula is C22H26N4O5. The van der Waals surface area contributed by atoms with Gasteiger partial charge in [0.15, 0.2) is 5.54 Å². The summed E-state index contributed by atoms with van der Waals surface area (Å²) in [7, 11) is 4.91. The Kier molecular flexibility index (Phi) is 7.80. The molecule has 9 nitrogen and oxygen atoms in total. The highest BCUT2D eigenvalue weighted by Crippen LogP contribution is 2.28. The van der Waals surface area contributed by atoms with Crippen LogP contribution in [0, 0.1) is 11.8 Å². The first-order valence-electron chi connectivity index (χ1n) is 9.59. The minimum absolute atomic E-state index is 0.0246. The summed E-state index contributed by atoms with van der Waals surface area (Å²) in [5.41, 5.74) is -0.0656. The van der Waals surface area contributed by atoms with Crippen molar-refractivity contribution < 1.29 is 23.9 Å². The van der Waals surface area contributed by atoms with Crippen LogP contribution in [0.5, 0.6) is 5.75 Å². The second-order valence-electron chi connectivity index (χ2n) is 7.14. The number of allylic oxidation sites excluding steroid dienone is 2. The van der Waals surface area contributed by atoms with Crippen LogP contribution in [0.4, 0.5) is 4.79 Å². The molecular weight excluding hydrogens is 400 g/mol. The van der Waals surface area contributed by atoms with Gasteiger partial charge in [-0.3, -0.25) is 19.7 Å². The summed E-state index contributed by atoms with van der Waals surface area (Å²) in [6.45, 7) is 2.19. The zero-order chi connectivity index (χ0) is 23.0. The van der Waals surface area contributed by atoms with E-state index >= 15 is 0 Å². The molecule has 0 saturated carbocycles. The first-order chi connectivity index (χ1) is 14.8. The Balaban J connectivity index is 0.000000614. The molecule has 2 aliphatic rings. The molecule has 0 aromatic heterocycles. The minimum Gasteiger partial charge on any atom is -0.497 e. The fourth-order valence-electron chi connectivity index (χ4n) is 2.99. The van der Waals surface area contributed by atoms with Crippen molar-refractivity contribution in [3.8, 4) is 17.6 Å². The fourth-order valence-corrected chi connectivity index (χ4v) is 2.99. The van der Waals surface area contributed by atoms with Crippen molar-refractivity contribution in [1.82, 2.24) is 20.4 Å². The van der Waals surface area contributed by atoms with Gasteiger partial charge >= 0.3 is 6.03 Å². The summed E-state index contributed by atoms with van der Waals surface area (Å²) in [4.78, 5) is 49.1. The van der Waals surface area contributed by atoms with Crippen molar-refractivity contribution >= 4 is 24.3 Å². The number of hydrogen-bond acceptors (Lipinski definition) is 5.